The Morgan fingerprint density at radius 2 is 1.82 bits per heavy atom. The maximum Gasteiger partial charge on any atom is 0.416 e. The van der Waals surface area contributed by atoms with Gasteiger partial charge in [0.15, 0.2) is 0 Å². The average Bonchev–Trinajstić information content (AvgIpc) is 2.93. The summed E-state index contributed by atoms with van der Waals surface area (Å²) in [4.78, 5) is 28.7. The Morgan fingerprint density at radius 3 is 2.50 bits per heavy atom. The summed E-state index contributed by atoms with van der Waals surface area (Å²) in [6.45, 7) is 2.54. The van der Waals surface area contributed by atoms with Gasteiger partial charge >= 0.3 is 6.18 Å². The number of nitrogens with one attached hydrogen (secondary N) is 1. The Labute approximate surface area is 162 Å². The second-order valence-electron chi connectivity index (χ2n) is 7.47. The van der Waals surface area contributed by atoms with E-state index < -0.39 is 17.8 Å². The highest BCUT2D eigenvalue weighted by molar-refractivity contribution is 5.88. The second kappa shape index (κ2) is 8.94. The van der Waals surface area contributed by atoms with Gasteiger partial charge in [-0.1, -0.05) is 31.0 Å². The van der Waals surface area contributed by atoms with Crippen LogP contribution < -0.4 is 5.32 Å². The van der Waals surface area contributed by atoms with Gasteiger partial charge in [0.2, 0.25) is 11.8 Å². The number of carbonyl (C=O) groups excluding carboxylic acids is 2. The highest BCUT2D eigenvalue weighted by Crippen LogP contribution is 2.30. The van der Waals surface area contributed by atoms with E-state index in [0.29, 0.717) is 31.7 Å². The van der Waals surface area contributed by atoms with Gasteiger partial charge in [-0.2, -0.15) is 13.2 Å². The molecule has 1 N–H and O–H groups in total. The molecule has 0 spiro atoms. The Bertz CT molecular complexity index is 700. The number of hydrogen-bond donors (Lipinski definition) is 1. The zero-order chi connectivity index (χ0) is 20.1. The lowest BCUT2D eigenvalue weighted by atomic mass is 10.0. The molecular formula is C20H26F3N3O2. The zero-order valence-corrected chi connectivity index (χ0v) is 15.8. The zero-order valence-electron chi connectivity index (χ0n) is 15.8. The van der Waals surface area contributed by atoms with Crippen LogP contribution in [0, 0.1) is 0 Å². The molecule has 0 radical (unpaired) electrons. The topological polar surface area (TPSA) is 52.7 Å². The van der Waals surface area contributed by atoms with Crippen molar-refractivity contribution in [1.82, 2.24) is 15.1 Å². The summed E-state index contributed by atoms with van der Waals surface area (Å²) in [5.74, 6) is -0.292. The van der Waals surface area contributed by atoms with E-state index in [1.807, 2.05) is 9.80 Å². The molecular weight excluding hydrogens is 371 g/mol. The summed E-state index contributed by atoms with van der Waals surface area (Å²) in [6.07, 6.45) is -0.194. The van der Waals surface area contributed by atoms with Gasteiger partial charge in [-0.05, 0) is 24.5 Å². The lowest BCUT2D eigenvalue weighted by Crippen LogP contribution is -2.56. The molecule has 1 unspecified atom stereocenters. The van der Waals surface area contributed by atoms with Gasteiger partial charge in [-0.25, -0.2) is 0 Å². The molecule has 1 atom stereocenters. The molecule has 3 rings (SSSR count). The van der Waals surface area contributed by atoms with Crippen LogP contribution in [0.5, 0.6) is 0 Å². The number of halogens is 3. The minimum atomic E-state index is -4.41. The molecule has 2 amide bonds. The van der Waals surface area contributed by atoms with Crippen molar-refractivity contribution in [3.63, 3.8) is 0 Å². The van der Waals surface area contributed by atoms with Gasteiger partial charge in [0, 0.05) is 32.7 Å². The Kier molecular flexibility index (Phi) is 6.59. The molecule has 154 valence electrons. The maximum atomic E-state index is 13.0. The van der Waals surface area contributed by atoms with Crippen molar-refractivity contribution in [3.8, 4) is 0 Å². The van der Waals surface area contributed by atoms with Gasteiger partial charge in [0.25, 0.3) is 0 Å². The standard InChI is InChI=1S/C20H26F3N3O2/c21-20(22,23)16-7-5-6-15(12-16)14-26-11-8-24-19(28)17(26)13-18(27)25-9-3-1-2-4-10-25/h5-7,12,17H,1-4,8-11,13-14H2,(H,24,28). The number of benzene rings is 1. The molecule has 8 heteroatoms. The summed E-state index contributed by atoms with van der Waals surface area (Å²) in [5.41, 5.74) is -0.222. The smallest absolute Gasteiger partial charge is 0.353 e. The maximum absolute atomic E-state index is 13.0. The minimum absolute atomic E-state index is 0.0574. The van der Waals surface area contributed by atoms with E-state index in [1.54, 1.807) is 6.07 Å². The fraction of sp³-hybridized carbons (Fsp3) is 0.600. The van der Waals surface area contributed by atoms with E-state index in [2.05, 4.69) is 5.32 Å². The van der Waals surface area contributed by atoms with Gasteiger partial charge in [0.1, 0.15) is 0 Å². The summed E-state index contributed by atoms with van der Waals surface area (Å²) in [7, 11) is 0. The fourth-order valence-corrected chi connectivity index (χ4v) is 3.87. The van der Waals surface area contributed by atoms with E-state index in [9.17, 15) is 22.8 Å². The number of nitrogens with zero attached hydrogens (tertiary/aromatic N) is 2. The molecule has 2 heterocycles. The van der Waals surface area contributed by atoms with Crippen molar-refractivity contribution in [1.29, 1.82) is 0 Å². The number of amides is 2. The van der Waals surface area contributed by atoms with Crippen molar-refractivity contribution in [2.45, 2.75) is 50.9 Å². The highest BCUT2D eigenvalue weighted by atomic mass is 19.4. The molecule has 0 aliphatic carbocycles. The number of alkyl halides is 3. The Morgan fingerprint density at radius 1 is 1.11 bits per heavy atom. The van der Waals surface area contributed by atoms with E-state index in [0.717, 1.165) is 37.8 Å². The lowest BCUT2D eigenvalue weighted by Gasteiger charge is -2.35. The first-order valence-corrected chi connectivity index (χ1v) is 9.80. The summed E-state index contributed by atoms with van der Waals surface area (Å²) in [6, 6.07) is 4.49. The molecule has 0 bridgehead atoms. The van der Waals surface area contributed by atoms with E-state index in [-0.39, 0.29) is 24.8 Å². The van der Waals surface area contributed by atoms with E-state index in [1.165, 1.54) is 6.07 Å². The van der Waals surface area contributed by atoms with Crippen LogP contribution >= 0.6 is 0 Å². The SMILES string of the molecule is O=C1NCCN(Cc2cccc(C(F)(F)F)c2)C1CC(=O)N1CCCCCC1. The second-order valence-corrected chi connectivity index (χ2v) is 7.47. The van der Waals surface area contributed by atoms with E-state index >= 15 is 0 Å². The highest BCUT2D eigenvalue weighted by Gasteiger charge is 2.34. The minimum Gasteiger partial charge on any atom is -0.353 e. The van der Waals surface area contributed by atoms with Crippen molar-refractivity contribution in [3.05, 3.63) is 35.4 Å². The van der Waals surface area contributed by atoms with Gasteiger partial charge in [-0.15, -0.1) is 0 Å². The average molecular weight is 397 g/mol. The molecule has 2 saturated heterocycles. The predicted molar refractivity (Wildman–Crippen MR) is 98.3 cm³/mol. The first-order valence-electron chi connectivity index (χ1n) is 9.80. The number of rotatable bonds is 4. The third-order valence-corrected chi connectivity index (χ3v) is 5.41. The predicted octanol–water partition coefficient (Wildman–Crippen LogP) is 2.80. The Hall–Kier alpha value is -2.09. The first kappa shape index (κ1) is 20.6. The summed E-state index contributed by atoms with van der Waals surface area (Å²) in [5, 5.41) is 2.77. The van der Waals surface area contributed by atoms with Crippen molar-refractivity contribution >= 4 is 11.8 Å². The van der Waals surface area contributed by atoms with Crippen LogP contribution in [0.4, 0.5) is 13.2 Å². The first-order chi connectivity index (χ1) is 13.3. The van der Waals surface area contributed by atoms with Crippen LogP contribution in [0.25, 0.3) is 0 Å². The molecule has 5 nitrogen and oxygen atoms in total. The molecule has 1 aromatic carbocycles. The third-order valence-electron chi connectivity index (χ3n) is 5.41. The molecule has 0 aromatic heterocycles. The summed E-state index contributed by atoms with van der Waals surface area (Å²) >= 11 is 0. The molecule has 2 aliphatic rings. The number of piperazine rings is 1. The molecule has 28 heavy (non-hydrogen) atoms. The number of carbonyl (C=O) groups is 2. The van der Waals surface area contributed by atoms with Crippen LogP contribution in [0.15, 0.2) is 24.3 Å². The summed E-state index contributed by atoms with van der Waals surface area (Å²) < 4.78 is 38.9. The molecule has 0 saturated carbocycles. The number of likely N-dealkylation sites (tertiary alicyclic amines) is 1. The monoisotopic (exact) mass is 397 g/mol. The quantitative estimate of drug-likeness (QED) is 0.850. The van der Waals surface area contributed by atoms with Crippen molar-refractivity contribution in [2.75, 3.05) is 26.2 Å². The van der Waals surface area contributed by atoms with Crippen molar-refractivity contribution in [2.24, 2.45) is 0 Å². The number of hydrogen-bond acceptors (Lipinski definition) is 3. The Balaban J connectivity index is 1.70. The third kappa shape index (κ3) is 5.25. The molecule has 1 aromatic rings. The van der Waals surface area contributed by atoms with Gasteiger partial charge in [-0.3, -0.25) is 14.5 Å². The largest absolute Gasteiger partial charge is 0.416 e. The van der Waals surface area contributed by atoms with Crippen LogP contribution in [-0.4, -0.2) is 53.8 Å². The van der Waals surface area contributed by atoms with Crippen LogP contribution in [0.1, 0.15) is 43.2 Å². The van der Waals surface area contributed by atoms with Crippen LogP contribution in [-0.2, 0) is 22.3 Å². The van der Waals surface area contributed by atoms with Gasteiger partial charge in [0.05, 0.1) is 18.0 Å². The molecule has 2 fully saturated rings. The normalized spacial score (nSPS) is 21.9. The van der Waals surface area contributed by atoms with Crippen LogP contribution in [0.3, 0.4) is 0 Å². The van der Waals surface area contributed by atoms with Crippen molar-refractivity contribution < 1.29 is 22.8 Å². The van der Waals surface area contributed by atoms with Crippen LogP contribution in [0.2, 0.25) is 0 Å². The molecule has 2 aliphatic heterocycles. The van der Waals surface area contributed by atoms with Gasteiger partial charge < -0.3 is 10.2 Å². The fourth-order valence-electron chi connectivity index (χ4n) is 3.87. The lowest BCUT2D eigenvalue weighted by molar-refractivity contribution is -0.139. The van der Waals surface area contributed by atoms with E-state index in [4.69, 9.17) is 0 Å².